The van der Waals surface area contributed by atoms with Gasteiger partial charge >= 0.3 is 0 Å². The Labute approximate surface area is 183 Å². The first kappa shape index (κ1) is 26.9. The molecule has 12 heteroatoms. The molecule has 0 bridgehead atoms. The summed E-state index contributed by atoms with van der Waals surface area (Å²) in [4.78, 5) is 23.7. The quantitative estimate of drug-likeness (QED) is 0.188. The molecule has 11 nitrogen and oxygen atoms in total. The maximum atomic E-state index is 12.0. The molecule has 0 aliphatic rings. The molecule has 0 radical (unpaired) electrons. The number of rotatable bonds is 16. The van der Waals surface area contributed by atoms with E-state index in [2.05, 4.69) is 10.6 Å². The van der Waals surface area contributed by atoms with Gasteiger partial charge in [-0.25, -0.2) is 13.6 Å². The summed E-state index contributed by atoms with van der Waals surface area (Å²) in [5, 5.41) is 10.4. The van der Waals surface area contributed by atoms with Crippen LogP contribution in [0.1, 0.15) is 29.6 Å². The number of nitrogens with two attached hydrogens (primary N) is 3. The van der Waals surface area contributed by atoms with Crippen LogP contribution in [-0.4, -0.2) is 72.3 Å². The van der Waals surface area contributed by atoms with Gasteiger partial charge in [0.15, 0.2) is 0 Å². The minimum absolute atomic E-state index is 0.0581. The van der Waals surface area contributed by atoms with Crippen molar-refractivity contribution in [2.75, 3.05) is 46.1 Å². The normalized spacial score (nSPS) is 12.4. The zero-order chi connectivity index (χ0) is 23.1. The predicted molar refractivity (Wildman–Crippen MR) is 116 cm³/mol. The predicted octanol–water partition coefficient (Wildman–Crippen LogP) is -1.33. The fourth-order valence-corrected chi connectivity index (χ4v) is 2.99. The lowest BCUT2D eigenvalue weighted by atomic mass is 10.1. The summed E-state index contributed by atoms with van der Waals surface area (Å²) in [6, 6.07) is 4.79. The van der Waals surface area contributed by atoms with Gasteiger partial charge in [0, 0.05) is 18.7 Å². The van der Waals surface area contributed by atoms with Crippen LogP contribution in [0.3, 0.4) is 0 Å². The summed E-state index contributed by atoms with van der Waals surface area (Å²) in [6.07, 6.45) is 2.28. The molecule has 0 heterocycles. The Morgan fingerprint density at radius 3 is 2.06 bits per heavy atom. The summed E-state index contributed by atoms with van der Waals surface area (Å²) in [5.74, 6) is -0.551. The molecule has 0 unspecified atom stereocenters. The zero-order valence-electron chi connectivity index (χ0n) is 17.5. The molecule has 1 aromatic rings. The molecule has 0 aliphatic carbocycles. The Morgan fingerprint density at radius 1 is 0.935 bits per heavy atom. The van der Waals surface area contributed by atoms with Crippen molar-refractivity contribution in [3.05, 3.63) is 29.8 Å². The molecule has 8 N–H and O–H groups in total. The Bertz CT molecular complexity index is 772. The van der Waals surface area contributed by atoms with E-state index in [9.17, 15) is 18.0 Å². The molecule has 1 atom stereocenters. The van der Waals surface area contributed by atoms with E-state index in [1.807, 2.05) is 0 Å². The first-order valence-electron chi connectivity index (χ1n) is 10.1. The SMILES string of the molecule is NCCCC[C@H](N)C(=O)NCCOCCOCCNC(=O)c1ccc(S(N)(=O)=O)cc1. The molecule has 0 spiro atoms. The van der Waals surface area contributed by atoms with E-state index in [0.717, 1.165) is 12.8 Å². The maximum absolute atomic E-state index is 12.0. The number of carbonyl (C=O) groups is 2. The molecule has 1 aromatic carbocycles. The summed E-state index contributed by atoms with van der Waals surface area (Å²) >= 11 is 0. The average Bonchev–Trinajstić information content (AvgIpc) is 2.74. The van der Waals surface area contributed by atoms with Crippen LogP contribution >= 0.6 is 0 Å². The van der Waals surface area contributed by atoms with Crippen molar-refractivity contribution in [3.8, 4) is 0 Å². The van der Waals surface area contributed by atoms with Gasteiger partial charge in [-0.05, 0) is 43.7 Å². The van der Waals surface area contributed by atoms with E-state index in [0.29, 0.717) is 51.5 Å². The molecule has 0 fully saturated rings. The molecule has 0 aliphatic heterocycles. The largest absolute Gasteiger partial charge is 0.377 e. The Morgan fingerprint density at radius 2 is 1.52 bits per heavy atom. The lowest BCUT2D eigenvalue weighted by molar-refractivity contribution is -0.122. The van der Waals surface area contributed by atoms with Crippen LogP contribution in [-0.2, 0) is 24.3 Å². The maximum Gasteiger partial charge on any atom is 0.251 e. The standard InChI is InChI=1S/C19H33N5O6S/c20-8-2-1-3-17(21)19(26)24-10-12-30-14-13-29-11-9-23-18(25)15-4-6-16(7-5-15)31(22,27)28/h4-7,17H,1-3,8-14,20-21H2,(H,23,25)(H,24,26)(H2,22,27,28)/t17-/m0/s1. The molecule has 1 rings (SSSR count). The smallest absolute Gasteiger partial charge is 0.251 e. The van der Waals surface area contributed by atoms with Crippen LogP contribution in [0, 0.1) is 0 Å². The van der Waals surface area contributed by atoms with Crippen molar-refractivity contribution in [1.82, 2.24) is 10.6 Å². The average molecular weight is 460 g/mol. The lowest BCUT2D eigenvalue weighted by Crippen LogP contribution is -2.41. The van der Waals surface area contributed by atoms with Crippen LogP contribution in [0.2, 0.25) is 0 Å². The highest BCUT2D eigenvalue weighted by Gasteiger charge is 2.12. The number of carbonyl (C=O) groups excluding carboxylic acids is 2. The topological polar surface area (TPSA) is 189 Å². The number of benzene rings is 1. The van der Waals surface area contributed by atoms with Crippen LogP contribution in [0.4, 0.5) is 0 Å². The van der Waals surface area contributed by atoms with E-state index in [-0.39, 0.29) is 23.3 Å². The van der Waals surface area contributed by atoms with Crippen molar-refractivity contribution in [3.63, 3.8) is 0 Å². The first-order valence-corrected chi connectivity index (χ1v) is 11.6. The highest BCUT2D eigenvalue weighted by Crippen LogP contribution is 2.08. The van der Waals surface area contributed by atoms with E-state index < -0.39 is 16.1 Å². The van der Waals surface area contributed by atoms with Gasteiger partial charge in [0.05, 0.1) is 37.4 Å². The van der Waals surface area contributed by atoms with Crippen LogP contribution in [0.15, 0.2) is 29.2 Å². The molecule has 31 heavy (non-hydrogen) atoms. The monoisotopic (exact) mass is 459 g/mol. The number of nitrogens with one attached hydrogen (secondary N) is 2. The van der Waals surface area contributed by atoms with Gasteiger partial charge in [-0.15, -0.1) is 0 Å². The van der Waals surface area contributed by atoms with Crippen LogP contribution in [0.25, 0.3) is 0 Å². The van der Waals surface area contributed by atoms with Gasteiger partial charge in [0.1, 0.15) is 0 Å². The Hall–Kier alpha value is -2.09. The number of hydrogen-bond donors (Lipinski definition) is 5. The van der Waals surface area contributed by atoms with E-state index in [1.54, 1.807) is 0 Å². The number of primary sulfonamides is 1. The third kappa shape index (κ3) is 11.8. The van der Waals surface area contributed by atoms with Crippen molar-refractivity contribution >= 4 is 21.8 Å². The van der Waals surface area contributed by atoms with Gasteiger partial charge in [0.25, 0.3) is 5.91 Å². The van der Waals surface area contributed by atoms with E-state index >= 15 is 0 Å². The van der Waals surface area contributed by atoms with Crippen LogP contribution < -0.4 is 27.2 Å². The van der Waals surface area contributed by atoms with Gasteiger partial charge < -0.3 is 31.6 Å². The minimum atomic E-state index is -3.79. The number of amides is 2. The zero-order valence-corrected chi connectivity index (χ0v) is 18.4. The molecule has 176 valence electrons. The fourth-order valence-electron chi connectivity index (χ4n) is 2.47. The van der Waals surface area contributed by atoms with Crippen molar-refractivity contribution in [1.29, 1.82) is 0 Å². The highest BCUT2D eigenvalue weighted by molar-refractivity contribution is 7.89. The third-order valence-electron chi connectivity index (χ3n) is 4.20. The molecular formula is C19H33N5O6S. The number of sulfonamides is 1. The second-order valence-electron chi connectivity index (χ2n) is 6.73. The Balaban J connectivity index is 2.03. The summed E-state index contributed by atoms with van der Waals surface area (Å²) in [5.41, 5.74) is 11.5. The summed E-state index contributed by atoms with van der Waals surface area (Å²) in [6.45, 7) is 2.56. The molecule has 0 saturated heterocycles. The van der Waals surface area contributed by atoms with Gasteiger partial charge in [-0.2, -0.15) is 0 Å². The van der Waals surface area contributed by atoms with Crippen molar-refractivity contribution < 1.29 is 27.5 Å². The molecular weight excluding hydrogens is 426 g/mol. The number of unbranched alkanes of at least 4 members (excludes halogenated alkanes) is 1. The van der Waals surface area contributed by atoms with Gasteiger partial charge in [0.2, 0.25) is 15.9 Å². The fraction of sp³-hybridized carbons (Fsp3) is 0.579. The highest BCUT2D eigenvalue weighted by atomic mass is 32.2. The molecule has 2 amide bonds. The number of ether oxygens (including phenoxy) is 2. The van der Waals surface area contributed by atoms with Gasteiger partial charge in [-0.3, -0.25) is 9.59 Å². The van der Waals surface area contributed by atoms with Crippen LogP contribution in [0.5, 0.6) is 0 Å². The lowest BCUT2D eigenvalue weighted by Gasteiger charge is -2.12. The first-order chi connectivity index (χ1) is 14.8. The van der Waals surface area contributed by atoms with E-state index in [4.69, 9.17) is 26.1 Å². The van der Waals surface area contributed by atoms with Crippen molar-refractivity contribution in [2.24, 2.45) is 16.6 Å². The summed E-state index contributed by atoms with van der Waals surface area (Å²) in [7, 11) is -3.79. The van der Waals surface area contributed by atoms with Gasteiger partial charge in [-0.1, -0.05) is 6.42 Å². The Kier molecular flexibility index (Phi) is 12.9. The second kappa shape index (κ2) is 14.8. The third-order valence-corrected chi connectivity index (χ3v) is 5.13. The molecule has 0 saturated carbocycles. The second-order valence-corrected chi connectivity index (χ2v) is 8.29. The van der Waals surface area contributed by atoms with Crippen molar-refractivity contribution in [2.45, 2.75) is 30.2 Å². The number of hydrogen-bond acceptors (Lipinski definition) is 8. The molecule has 0 aromatic heterocycles. The van der Waals surface area contributed by atoms with E-state index in [1.165, 1.54) is 24.3 Å². The minimum Gasteiger partial charge on any atom is -0.377 e. The summed E-state index contributed by atoms with van der Waals surface area (Å²) < 4.78 is 33.1.